The molecular formula is C6H14ClNO2. The van der Waals surface area contributed by atoms with Crippen LogP contribution >= 0.6 is 12.4 Å². The minimum absolute atomic E-state index is 0. The van der Waals surface area contributed by atoms with E-state index < -0.39 is 6.23 Å². The van der Waals surface area contributed by atoms with Crippen molar-refractivity contribution >= 4 is 18.7 Å². The van der Waals surface area contributed by atoms with Gasteiger partial charge in [0.1, 0.15) is 0 Å². The predicted octanol–water partition coefficient (Wildman–Crippen LogP) is 0.707. The van der Waals surface area contributed by atoms with Gasteiger partial charge in [0.25, 0.3) is 0 Å². The molecule has 0 heterocycles. The number of ether oxygens (including phenoxy) is 1. The van der Waals surface area contributed by atoms with Crippen LogP contribution in [0.3, 0.4) is 0 Å². The molecule has 0 saturated heterocycles. The van der Waals surface area contributed by atoms with Crippen LogP contribution < -0.4 is 5.73 Å². The van der Waals surface area contributed by atoms with Gasteiger partial charge in [-0.05, 0) is 20.8 Å². The summed E-state index contributed by atoms with van der Waals surface area (Å²) in [6, 6.07) is 0. The van der Waals surface area contributed by atoms with Crippen LogP contribution in [0, 0.1) is 0 Å². The maximum atomic E-state index is 9.93. The summed E-state index contributed by atoms with van der Waals surface area (Å²) in [5.74, 6) is 0. The van der Waals surface area contributed by atoms with E-state index >= 15 is 0 Å². The largest absolute Gasteiger partial charge is 0.351 e. The molecule has 3 nitrogen and oxygen atoms in total. The number of hydrogen-bond acceptors (Lipinski definition) is 3. The molecule has 0 aliphatic heterocycles. The first-order valence-electron chi connectivity index (χ1n) is 2.84. The third-order valence-electron chi connectivity index (χ3n) is 0.624. The van der Waals surface area contributed by atoms with E-state index in [0.29, 0.717) is 6.29 Å². The molecule has 62 valence electrons. The molecular weight excluding hydrogens is 154 g/mol. The summed E-state index contributed by atoms with van der Waals surface area (Å²) in [6.45, 7) is 5.53. The van der Waals surface area contributed by atoms with Gasteiger partial charge in [-0.2, -0.15) is 0 Å². The summed E-state index contributed by atoms with van der Waals surface area (Å²) in [4.78, 5) is 9.93. The van der Waals surface area contributed by atoms with Crippen LogP contribution in [0.4, 0.5) is 0 Å². The molecule has 0 amide bonds. The molecule has 0 spiro atoms. The molecule has 0 aromatic heterocycles. The van der Waals surface area contributed by atoms with Crippen molar-refractivity contribution in [3.63, 3.8) is 0 Å². The Bertz CT molecular complexity index is 100. The Morgan fingerprint density at radius 2 is 1.90 bits per heavy atom. The quantitative estimate of drug-likeness (QED) is 0.487. The molecule has 0 aromatic carbocycles. The van der Waals surface area contributed by atoms with Crippen LogP contribution in [-0.2, 0) is 9.53 Å². The van der Waals surface area contributed by atoms with Crippen LogP contribution in [-0.4, -0.2) is 18.1 Å². The monoisotopic (exact) mass is 167 g/mol. The van der Waals surface area contributed by atoms with Gasteiger partial charge in [-0.25, -0.2) is 0 Å². The van der Waals surface area contributed by atoms with Crippen LogP contribution in [0.15, 0.2) is 0 Å². The lowest BCUT2D eigenvalue weighted by atomic mass is 10.2. The van der Waals surface area contributed by atoms with Crippen LogP contribution in [0.25, 0.3) is 0 Å². The first kappa shape index (κ1) is 12.5. The first-order valence-corrected chi connectivity index (χ1v) is 2.84. The van der Waals surface area contributed by atoms with Gasteiger partial charge >= 0.3 is 0 Å². The lowest BCUT2D eigenvalue weighted by Gasteiger charge is -2.21. The number of aldehydes is 1. The highest BCUT2D eigenvalue weighted by Crippen LogP contribution is 2.06. The van der Waals surface area contributed by atoms with Crippen molar-refractivity contribution < 1.29 is 9.53 Å². The van der Waals surface area contributed by atoms with E-state index in [1.807, 2.05) is 20.8 Å². The summed E-state index contributed by atoms with van der Waals surface area (Å²) < 4.78 is 5.00. The van der Waals surface area contributed by atoms with Gasteiger partial charge in [0.15, 0.2) is 12.5 Å². The third-order valence-corrected chi connectivity index (χ3v) is 0.624. The van der Waals surface area contributed by atoms with Crippen LogP contribution in [0.1, 0.15) is 20.8 Å². The van der Waals surface area contributed by atoms with E-state index in [9.17, 15) is 4.79 Å². The second kappa shape index (κ2) is 4.66. The highest BCUT2D eigenvalue weighted by Gasteiger charge is 2.13. The second-order valence-electron chi connectivity index (χ2n) is 2.83. The Morgan fingerprint density at radius 1 is 1.50 bits per heavy atom. The van der Waals surface area contributed by atoms with Crippen LogP contribution in [0.2, 0.25) is 0 Å². The Balaban J connectivity index is 0. The molecule has 0 fully saturated rings. The molecule has 0 aliphatic carbocycles. The van der Waals surface area contributed by atoms with Gasteiger partial charge in [-0.15, -0.1) is 12.4 Å². The third kappa shape index (κ3) is 7.88. The molecule has 2 N–H and O–H groups in total. The molecule has 10 heavy (non-hydrogen) atoms. The van der Waals surface area contributed by atoms with Crippen molar-refractivity contribution in [1.82, 2.24) is 0 Å². The van der Waals surface area contributed by atoms with Crippen molar-refractivity contribution in [2.24, 2.45) is 5.73 Å². The second-order valence-corrected chi connectivity index (χ2v) is 2.83. The van der Waals surface area contributed by atoms with Crippen molar-refractivity contribution in [3.8, 4) is 0 Å². The zero-order valence-corrected chi connectivity index (χ0v) is 7.27. The topological polar surface area (TPSA) is 52.3 Å². The standard InChI is InChI=1S/C6H13NO2.ClH/c1-6(2,3)9-5(7)4-8;/h4-5H,7H2,1-3H3;1H. The summed E-state index contributed by atoms with van der Waals surface area (Å²) in [7, 11) is 0. The number of carbonyl (C=O) groups is 1. The van der Waals surface area contributed by atoms with E-state index in [1.54, 1.807) is 0 Å². The normalized spacial score (nSPS) is 13.6. The highest BCUT2D eigenvalue weighted by atomic mass is 35.5. The van der Waals surface area contributed by atoms with Gasteiger partial charge in [0.2, 0.25) is 0 Å². The molecule has 0 rings (SSSR count). The Hall–Kier alpha value is -0.120. The van der Waals surface area contributed by atoms with E-state index in [0.717, 1.165) is 0 Å². The lowest BCUT2D eigenvalue weighted by Crippen LogP contribution is -2.34. The maximum Gasteiger partial charge on any atom is 0.163 e. The SMILES string of the molecule is CC(C)(C)OC(N)C=O.Cl. The van der Waals surface area contributed by atoms with E-state index in [2.05, 4.69) is 0 Å². The zero-order chi connectivity index (χ0) is 7.49. The fraction of sp³-hybridized carbons (Fsp3) is 0.833. The Kier molecular flexibility index (Phi) is 5.84. The Labute approximate surface area is 67.3 Å². The van der Waals surface area contributed by atoms with Gasteiger partial charge in [0.05, 0.1) is 5.60 Å². The highest BCUT2D eigenvalue weighted by molar-refractivity contribution is 5.85. The van der Waals surface area contributed by atoms with Crippen LogP contribution in [0.5, 0.6) is 0 Å². The van der Waals surface area contributed by atoms with Gasteiger partial charge < -0.3 is 4.74 Å². The fourth-order valence-electron chi connectivity index (χ4n) is 0.436. The average molecular weight is 168 g/mol. The maximum absolute atomic E-state index is 9.93. The first-order chi connectivity index (χ1) is 3.95. The minimum atomic E-state index is -0.787. The predicted molar refractivity (Wildman–Crippen MR) is 42.1 cm³/mol. The van der Waals surface area contributed by atoms with Gasteiger partial charge in [-0.1, -0.05) is 0 Å². The molecule has 0 radical (unpaired) electrons. The lowest BCUT2D eigenvalue weighted by molar-refractivity contribution is -0.126. The van der Waals surface area contributed by atoms with Gasteiger partial charge in [0, 0.05) is 0 Å². The van der Waals surface area contributed by atoms with E-state index in [1.165, 1.54) is 0 Å². The number of nitrogens with two attached hydrogens (primary N) is 1. The average Bonchev–Trinajstić information content (AvgIpc) is 1.62. The number of halogens is 1. The van der Waals surface area contributed by atoms with Crippen molar-refractivity contribution in [2.45, 2.75) is 32.6 Å². The molecule has 4 heteroatoms. The summed E-state index contributed by atoms with van der Waals surface area (Å²) in [5, 5.41) is 0. The Morgan fingerprint density at radius 3 is 2.00 bits per heavy atom. The number of hydrogen-bond donors (Lipinski definition) is 1. The zero-order valence-electron chi connectivity index (χ0n) is 6.46. The summed E-state index contributed by atoms with van der Waals surface area (Å²) in [5.41, 5.74) is 4.84. The fourth-order valence-corrected chi connectivity index (χ4v) is 0.436. The van der Waals surface area contributed by atoms with Crippen molar-refractivity contribution in [2.75, 3.05) is 0 Å². The smallest absolute Gasteiger partial charge is 0.163 e. The molecule has 0 saturated carbocycles. The number of rotatable bonds is 2. The minimum Gasteiger partial charge on any atom is -0.351 e. The van der Waals surface area contributed by atoms with E-state index in [4.69, 9.17) is 10.5 Å². The summed E-state index contributed by atoms with van der Waals surface area (Å²) >= 11 is 0. The van der Waals surface area contributed by atoms with Crippen molar-refractivity contribution in [3.05, 3.63) is 0 Å². The number of carbonyl (C=O) groups excluding carboxylic acids is 1. The molecule has 0 aromatic rings. The van der Waals surface area contributed by atoms with Crippen molar-refractivity contribution in [1.29, 1.82) is 0 Å². The summed E-state index contributed by atoms with van der Waals surface area (Å²) in [6.07, 6.45) is -0.212. The van der Waals surface area contributed by atoms with Gasteiger partial charge in [-0.3, -0.25) is 10.5 Å². The van der Waals surface area contributed by atoms with E-state index in [-0.39, 0.29) is 18.0 Å². The molecule has 0 bridgehead atoms. The molecule has 1 unspecified atom stereocenters. The molecule has 0 aliphatic rings. The molecule has 1 atom stereocenters.